The summed E-state index contributed by atoms with van der Waals surface area (Å²) in [6, 6.07) is 0. The molecule has 0 spiro atoms. The average Bonchev–Trinajstić information content (AvgIpc) is 1.86. The maximum Gasteiger partial charge on any atom is 0.105 e. The predicted octanol–water partition coefficient (Wildman–Crippen LogP) is 1.51. The van der Waals surface area contributed by atoms with E-state index in [9.17, 15) is 5.11 Å². The van der Waals surface area contributed by atoms with Crippen LogP contribution in [0.25, 0.3) is 0 Å². The van der Waals surface area contributed by atoms with Gasteiger partial charge in [-0.1, -0.05) is 0 Å². The summed E-state index contributed by atoms with van der Waals surface area (Å²) >= 11 is 0. The lowest BCUT2D eigenvalue weighted by Gasteiger charge is -2.06. The van der Waals surface area contributed by atoms with Crippen LogP contribution in [-0.2, 0) is 4.74 Å². The average molecular weight is 156 g/mol. The zero-order valence-electron chi connectivity index (χ0n) is 7.64. The lowest BCUT2D eigenvalue weighted by molar-refractivity contribution is 0.0867. The third-order valence-electron chi connectivity index (χ3n) is 1.27. The van der Waals surface area contributed by atoms with Gasteiger partial charge < -0.3 is 9.84 Å². The molecule has 0 aliphatic heterocycles. The van der Waals surface area contributed by atoms with Gasteiger partial charge in [0.2, 0.25) is 0 Å². The minimum atomic E-state index is -0.519. The van der Waals surface area contributed by atoms with E-state index >= 15 is 0 Å². The van der Waals surface area contributed by atoms with Crippen LogP contribution in [0.15, 0.2) is 16.9 Å². The third-order valence-corrected chi connectivity index (χ3v) is 1.27. The zero-order valence-corrected chi connectivity index (χ0v) is 7.64. The van der Waals surface area contributed by atoms with Crippen molar-refractivity contribution < 1.29 is 9.84 Å². The molecular weight excluding hydrogens is 140 g/mol. The summed E-state index contributed by atoms with van der Waals surface area (Å²) in [7, 11) is 1.57. The van der Waals surface area contributed by atoms with Crippen LogP contribution in [0.1, 0.15) is 20.8 Å². The van der Waals surface area contributed by atoms with Gasteiger partial charge >= 0.3 is 0 Å². The number of methoxy groups -OCH3 is 1. The summed E-state index contributed by atoms with van der Waals surface area (Å²) in [4.78, 5) is 0. The highest BCUT2D eigenvalue weighted by Gasteiger charge is 2.03. The summed E-state index contributed by atoms with van der Waals surface area (Å²) < 4.78 is 4.79. The molecule has 0 amide bonds. The van der Waals surface area contributed by atoms with Gasteiger partial charge in [-0.05, 0) is 31.9 Å². The van der Waals surface area contributed by atoms with Crippen molar-refractivity contribution in [1.29, 1.82) is 0 Å². The van der Waals surface area contributed by atoms with E-state index < -0.39 is 6.10 Å². The van der Waals surface area contributed by atoms with E-state index in [1.165, 1.54) is 0 Å². The molecule has 0 aromatic carbocycles. The Balaban J connectivity index is 4.23. The summed E-state index contributed by atoms with van der Waals surface area (Å²) in [6.07, 6.45) is -0.519. The van der Waals surface area contributed by atoms with Crippen molar-refractivity contribution in [3.05, 3.63) is 16.9 Å². The van der Waals surface area contributed by atoms with Crippen molar-refractivity contribution in [1.82, 2.24) is 0 Å². The normalized spacial score (nSPS) is 12.1. The molecule has 1 atom stereocenters. The molecule has 1 N–H and O–H groups in total. The second-order valence-corrected chi connectivity index (χ2v) is 2.78. The topological polar surface area (TPSA) is 29.5 Å². The molecule has 11 heavy (non-hydrogen) atoms. The van der Waals surface area contributed by atoms with Gasteiger partial charge in [0, 0.05) is 7.11 Å². The minimum absolute atomic E-state index is 0.339. The van der Waals surface area contributed by atoms with Gasteiger partial charge in [-0.2, -0.15) is 0 Å². The van der Waals surface area contributed by atoms with Crippen LogP contribution in [0.2, 0.25) is 0 Å². The first-order valence-electron chi connectivity index (χ1n) is 3.65. The minimum Gasteiger partial charge on any atom is -0.386 e. The van der Waals surface area contributed by atoms with Crippen LogP contribution in [0.5, 0.6) is 0 Å². The zero-order chi connectivity index (χ0) is 8.85. The Kier molecular flexibility index (Phi) is 4.88. The number of hydrogen-bond donors (Lipinski definition) is 1. The Morgan fingerprint density at radius 2 is 2.00 bits per heavy atom. The summed E-state index contributed by atoms with van der Waals surface area (Å²) in [6.45, 7) is 6.08. The third kappa shape index (κ3) is 4.79. The van der Waals surface area contributed by atoms with E-state index in [-0.39, 0.29) is 0 Å². The largest absolute Gasteiger partial charge is 0.386 e. The summed E-state index contributed by atoms with van der Waals surface area (Å²) in [5.41, 5.74) is 4.92. The molecule has 0 saturated heterocycles. The molecule has 0 aliphatic carbocycles. The number of ether oxygens (including phenoxy) is 1. The molecule has 0 fully saturated rings. The highest BCUT2D eigenvalue weighted by atomic mass is 16.5. The van der Waals surface area contributed by atoms with Crippen LogP contribution in [0.3, 0.4) is 0 Å². The van der Waals surface area contributed by atoms with Gasteiger partial charge in [0.05, 0.1) is 6.61 Å². The van der Waals surface area contributed by atoms with E-state index in [0.717, 1.165) is 11.1 Å². The van der Waals surface area contributed by atoms with Crippen molar-refractivity contribution >= 4 is 0 Å². The van der Waals surface area contributed by atoms with Crippen molar-refractivity contribution in [2.75, 3.05) is 13.7 Å². The van der Waals surface area contributed by atoms with Crippen LogP contribution in [-0.4, -0.2) is 24.9 Å². The smallest absolute Gasteiger partial charge is 0.105 e. The fraction of sp³-hybridized carbons (Fsp3) is 0.667. The first-order chi connectivity index (χ1) is 5.07. The highest BCUT2D eigenvalue weighted by Crippen LogP contribution is 2.00. The standard InChI is InChI=1S/C9H16O2/c1-7(2)5-8(3)9(10)6-11-4/h9-10H,6H2,1-4H3. The van der Waals surface area contributed by atoms with Gasteiger partial charge in [0.15, 0.2) is 0 Å². The molecule has 0 heterocycles. The SMILES string of the molecule is COCC(O)C(C)=C=C(C)C. The second kappa shape index (κ2) is 5.14. The van der Waals surface area contributed by atoms with Crippen molar-refractivity contribution in [2.24, 2.45) is 0 Å². The Morgan fingerprint density at radius 3 is 2.36 bits per heavy atom. The molecule has 0 rings (SSSR count). The first-order valence-corrected chi connectivity index (χ1v) is 3.65. The fourth-order valence-electron chi connectivity index (χ4n) is 0.761. The Bertz CT molecular complexity index is 172. The maximum absolute atomic E-state index is 9.33. The molecule has 0 bridgehead atoms. The number of aliphatic hydroxyl groups excluding tert-OH is 1. The molecule has 0 saturated carbocycles. The molecule has 0 aromatic heterocycles. The van der Waals surface area contributed by atoms with Crippen LogP contribution >= 0.6 is 0 Å². The van der Waals surface area contributed by atoms with E-state index in [1.54, 1.807) is 7.11 Å². The molecule has 0 aliphatic rings. The Labute approximate surface area is 68.2 Å². The van der Waals surface area contributed by atoms with E-state index in [4.69, 9.17) is 4.74 Å². The molecular formula is C9H16O2. The summed E-state index contributed by atoms with van der Waals surface area (Å²) in [5.74, 6) is 0. The number of rotatable bonds is 3. The maximum atomic E-state index is 9.33. The quantitative estimate of drug-likeness (QED) is 0.627. The second-order valence-electron chi connectivity index (χ2n) is 2.78. The van der Waals surface area contributed by atoms with Gasteiger partial charge in [-0.25, -0.2) is 0 Å². The van der Waals surface area contributed by atoms with Crippen molar-refractivity contribution in [3.63, 3.8) is 0 Å². The van der Waals surface area contributed by atoms with E-state index in [2.05, 4.69) is 5.73 Å². The summed E-state index contributed by atoms with van der Waals surface area (Å²) in [5, 5.41) is 9.33. The Hall–Kier alpha value is -0.560. The number of hydrogen-bond acceptors (Lipinski definition) is 2. The van der Waals surface area contributed by atoms with Crippen molar-refractivity contribution in [3.8, 4) is 0 Å². The molecule has 0 aromatic rings. The van der Waals surface area contributed by atoms with Crippen LogP contribution in [0.4, 0.5) is 0 Å². The fourth-order valence-corrected chi connectivity index (χ4v) is 0.761. The van der Waals surface area contributed by atoms with Gasteiger partial charge in [0.1, 0.15) is 6.10 Å². The molecule has 0 radical (unpaired) electrons. The molecule has 2 heteroatoms. The van der Waals surface area contributed by atoms with Gasteiger partial charge in [0.25, 0.3) is 0 Å². The Morgan fingerprint density at radius 1 is 1.45 bits per heavy atom. The van der Waals surface area contributed by atoms with Crippen molar-refractivity contribution in [2.45, 2.75) is 26.9 Å². The number of aliphatic hydroxyl groups is 1. The van der Waals surface area contributed by atoms with E-state index in [0.29, 0.717) is 6.61 Å². The molecule has 1 unspecified atom stereocenters. The van der Waals surface area contributed by atoms with Gasteiger partial charge in [-0.3, -0.25) is 0 Å². The van der Waals surface area contributed by atoms with Gasteiger partial charge in [-0.15, -0.1) is 5.73 Å². The molecule has 64 valence electrons. The van der Waals surface area contributed by atoms with Crippen LogP contribution in [0, 0.1) is 0 Å². The lowest BCUT2D eigenvalue weighted by Crippen LogP contribution is -2.14. The van der Waals surface area contributed by atoms with Crippen LogP contribution < -0.4 is 0 Å². The lowest BCUT2D eigenvalue weighted by atomic mass is 10.2. The molecule has 2 nitrogen and oxygen atoms in total. The highest BCUT2D eigenvalue weighted by molar-refractivity contribution is 5.07. The predicted molar refractivity (Wildman–Crippen MR) is 45.4 cm³/mol. The van der Waals surface area contributed by atoms with E-state index in [1.807, 2.05) is 20.8 Å². The first kappa shape index (κ1) is 10.4. The monoisotopic (exact) mass is 156 g/mol.